The van der Waals surface area contributed by atoms with Crippen LogP contribution < -0.4 is 0 Å². The molecule has 1 aliphatic carbocycles. The lowest BCUT2D eigenvalue weighted by Gasteiger charge is -2.27. The standard InChI is InChI=1S/C15H21NO3/c1-18-11-9-16(12-14-8-5-10-19-14)15(17)13-6-3-2-4-7-13/h2-3,5,8,10,13H,4,6-7,9,11-12H2,1H3. The van der Waals surface area contributed by atoms with Crippen LogP contribution in [0.4, 0.5) is 0 Å². The van der Waals surface area contributed by atoms with Crippen LogP contribution in [-0.4, -0.2) is 31.1 Å². The first-order valence-corrected chi connectivity index (χ1v) is 6.76. The molecule has 1 amide bonds. The van der Waals surface area contributed by atoms with Crippen molar-refractivity contribution < 1.29 is 13.9 Å². The molecule has 0 saturated heterocycles. The van der Waals surface area contributed by atoms with E-state index in [9.17, 15) is 4.79 Å². The Hall–Kier alpha value is -1.55. The lowest BCUT2D eigenvalue weighted by molar-refractivity contribution is -0.137. The highest BCUT2D eigenvalue weighted by atomic mass is 16.5. The number of ether oxygens (including phenoxy) is 1. The number of amides is 1. The van der Waals surface area contributed by atoms with Crippen LogP contribution in [0.5, 0.6) is 0 Å². The molecule has 0 N–H and O–H groups in total. The van der Waals surface area contributed by atoms with Crippen molar-refractivity contribution in [2.75, 3.05) is 20.3 Å². The molecule has 0 saturated carbocycles. The van der Waals surface area contributed by atoms with E-state index < -0.39 is 0 Å². The van der Waals surface area contributed by atoms with E-state index >= 15 is 0 Å². The average Bonchev–Trinajstić information content (AvgIpc) is 2.96. The van der Waals surface area contributed by atoms with Crippen molar-refractivity contribution in [2.24, 2.45) is 5.92 Å². The summed E-state index contributed by atoms with van der Waals surface area (Å²) in [7, 11) is 1.65. The summed E-state index contributed by atoms with van der Waals surface area (Å²) >= 11 is 0. The van der Waals surface area contributed by atoms with E-state index in [1.807, 2.05) is 17.0 Å². The lowest BCUT2D eigenvalue weighted by Crippen LogP contribution is -2.38. The van der Waals surface area contributed by atoms with E-state index in [0.717, 1.165) is 25.0 Å². The summed E-state index contributed by atoms with van der Waals surface area (Å²) in [5, 5.41) is 0. The van der Waals surface area contributed by atoms with E-state index in [4.69, 9.17) is 9.15 Å². The molecule has 0 aliphatic heterocycles. The zero-order valence-corrected chi connectivity index (χ0v) is 11.4. The smallest absolute Gasteiger partial charge is 0.226 e. The van der Waals surface area contributed by atoms with Crippen LogP contribution in [0.2, 0.25) is 0 Å². The second kappa shape index (κ2) is 7.14. The molecular formula is C15H21NO3. The highest BCUT2D eigenvalue weighted by Crippen LogP contribution is 2.21. The maximum absolute atomic E-state index is 12.5. The van der Waals surface area contributed by atoms with Gasteiger partial charge in [-0.25, -0.2) is 0 Å². The van der Waals surface area contributed by atoms with Crippen molar-refractivity contribution in [1.82, 2.24) is 4.90 Å². The van der Waals surface area contributed by atoms with Gasteiger partial charge in [0.2, 0.25) is 5.91 Å². The summed E-state index contributed by atoms with van der Waals surface area (Å²) in [4.78, 5) is 14.4. The molecule has 2 rings (SSSR count). The first-order chi connectivity index (χ1) is 9.31. The quantitative estimate of drug-likeness (QED) is 0.741. The molecule has 1 heterocycles. The van der Waals surface area contributed by atoms with E-state index in [0.29, 0.717) is 19.7 Å². The molecule has 19 heavy (non-hydrogen) atoms. The maximum Gasteiger partial charge on any atom is 0.226 e. The number of hydrogen-bond acceptors (Lipinski definition) is 3. The fraction of sp³-hybridized carbons (Fsp3) is 0.533. The number of carbonyl (C=O) groups is 1. The molecule has 0 fully saturated rings. The van der Waals surface area contributed by atoms with Gasteiger partial charge in [-0.3, -0.25) is 4.79 Å². The van der Waals surface area contributed by atoms with Crippen LogP contribution in [0.15, 0.2) is 35.0 Å². The highest BCUT2D eigenvalue weighted by molar-refractivity contribution is 5.79. The summed E-state index contributed by atoms with van der Waals surface area (Å²) in [5.41, 5.74) is 0. The van der Waals surface area contributed by atoms with Gasteiger partial charge in [0.15, 0.2) is 0 Å². The SMILES string of the molecule is COCCN(Cc1ccco1)C(=O)C1CC=CCC1. The Labute approximate surface area is 114 Å². The summed E-state index contributed by atoms with van der Waals surface area (Å²) < 4.78 is 10.4. The molecule has 1 atom stereocenters. The van der Waals surface area contributed by atoms with Crippen molar-refractivity contribution >= 4 is 5.91 Å². The third kappa shape index (κ3) is 3.96. The number of carbonyl (C=O) groups excluding carboxylic acids is 1. The number of allylic oxidation sites excluding steroid dienone is 2. The minimum atomic E-state index is 0.108. The van der Waals surface area contributed by atoms with E-state index in [2.05, 4.69) is 12.2 Å². The average molecular weight is 263 g/mol. The minimum absolute atomic E-state index is 0.108. The topological polar surface area (TPSA) is 42.7 Å². The third-order valence-electron chi connectivity index (χ3n) is 3.42. The molecule has 4 nitrogen and oxygen atoms in total. The van der Waals surface area contributed by atoms with Gasteiger partial charge in [-0.05, 0) is 31.4 Å². The van der Waals surface area contributed by atoms with Crippen molar-refractivity contribution in [2.45, 2.75) is 25.8 Å². The Morgan fingerprint density at radius 3 is 3.05 bits per heavy atom. The van der Waals surface area contributed by atoms with Crippen molar-refractivity contribution in [3.63, 3.8) is 0 Å². The monoisotopic (exact) mass is 263 g/mol. The van der Waals surface area contributed by atoms with E-state index in [1.54, 1.807) is 13.4 Å². The number of methoxy groups -OCH3 is 1. The Bertz CT molecular complexity index is 411. The van der Waals surface area contributed by atoms with Crippen LogP contribution in [0.3, 0.4) is 0 Å². The van der Waals surface area contributed by atoms with Crippen molar-refractivity contribution in [3.8, 4) is 0 Å². The second-order valence-electron chi connectivity index (χ2n) is 4.81. The van der Waals surface area contributed by atoms with Crippen LogP contribution in [0, 0.1) is 5.92 Å². The molecule has 1 unspecified atom stereocenters. The van der Waals surface area contributed by atoms with E-state index in [-0.39, 0.29) is 11.8 Å². The predicted octanol–water partition coefficient (Wildman–Crippen LogP) is 2.61. The van der Waals surface area contributed by atoms with Gasteiger partial charge < -0.3 is 14.1 Å². The highest BCUT2D eigenvalue weighted by Gasteiger charge is 2.24. The normalized spacial score (nSPS) is 18.5. The second-order valence-corrected chi connectivity index (χ2v) is 4.81. The van der Waals surface area contributed by atoms with E-state index in [1.165, 1.54) is 0 Å². The molecule has 1 aliphatic rings. The molecule has 1 aromatic heterocycles. The Kier molecular flexibility index (Phi) is 5.21. The molecular weight excluding hydrogens is 242 g/mol. The Balaban J connectivity index is 1.99. The fourth-order valence-electron chi connectivity index (χ4n) is 2.34. The van der Waals surface area contributed by atoms with Crippen molar-refractivity contribution in [1.29, 1.82) is 0 Å². The molecule has 1 aromatic rings. The lowest BCUT2D eigenvalue weighted by atomic mass is 9.93. The molecule has 104 valence electrons. The Morgan fingerprint density at radius 1 is 1.53 bits per heavy atom. The van der Waals surface area contributed by atoms with Gasteiger partial charge in [-0.15, -0.1) is 0 Å². The minimum Gasteiger partial charge on any atom is -0.467 e. The molecule has 0 spiro atoms. The zero-order valence-electron chi connectivity index (χ0n) is 11.4. The summed E-state index contributed by atoms with van der Waals surface area (Å²) in [5.74, 6) is 1.13. The summed E-state index contributed by atoms with van der Waals surface area (Å²) in [6, 6.07) is 3.74. The number of hydrogen-bond donors (Lipinski definition) is 0. The van der Waals surface area contributed by atoms with Gasteiger partial charge >= 0.3 is 0 Å². The number of furan rings is 1. The number of nitrogens with zero attached hydrogens (tertiary/aromatic N) is 1. The molecule has 0 aromatic carbocycles. The summed E-state index contributed by atoms with van der Waals surface area (Å²) in [6.07, 6.45) is 8.67. The van der Waals surface area contributed by atoms with Gasteiger partial charge in [0.25, 0.3) is 0 Å². The van der Waals surface area contributed by atoms with Crippen molar-refractivity contribution in [3.05, 3.63) is 36.3 Å². The van der Waals surface area contributed by atoms with Gasteiger partial charge in [-0.1, -0.05) is 12.2 Å². The largest absolute Gasteiger partial charge is 0.467 e. The first kappa shape index (κ1) is 13.9. The fourth-order valence-corrected chi connectivity index (χ4v) is 2.34. The Morgan fingerprint density at radius 2 is 2.42 bits per heavy atom. The summed E-state index contributed by atoms with van der Waals surface area (Å²) in [6.45, 7) is 1.68. The van der Waals surface area contributed by atoms with Crippen LogP contribution in [0.1, 0.15) is 25.0 Å². The zero-order chi connectivity index (χ0) is 13.5. The predicted molar refractivity (Wildman–Crippen MR) is 72.5 cm³/mol. The first-order valence-electron chi connectivity index (χ1n) is 6.76. The van der Waals surface area contributed by atoms with Gasteiger partial charge in [0.1, 0.15) is 5.76 Å². The molecule has 0 bridgehead atoms. The van der Waals surface area contributed by atoms with Crippen LogP contribution in [0.25, 0.3) is 0 Å². The molecule has 4 heteroatoms. The van der Waals surface area contributed by atoms with Gasteiger partial charge in [-0.2, -0.15) is 0 Å². The van der Waals surface area contributed by atoms with Gasteiger partial charge in [0, 0.05) is 19.6 Å². The number of rotatable bonds is 6. The maximum atomic E-state index is 12.5. The third-order valence-corrected chi connectivity index (χ3v) is 3.42. The molecule has 0 radical (unpaired) electrons. The van der Waals surface area contributed by atoms with Crippen LogP contribution in [-0.2, 0) is 16.1 Å². The van der Waals surface area contributed by atoms with Gasteiger partial charge in [0.05, 0.1) is 19.4 Å². The van der Waals surface area contributed by atoms with Crippen LogP contribution >= 0.6 is 0 Å².